The maximum absolute atomic E-state index is 12.0. The largest absolute Gasteiger partial charge is 0.481 e. The van der Waals surface area contributed by atoms with E-state index in [4.69, 9.17) is 5.11 Å². The molecule has 0 heterocycles. The van der Waals surface area contributed by atoms with Crippen LogP contribution in [0.4, 0.5) is 16.2 Å². The molecule has 21 heavy (non-hydrogen) atoms. The van der Waals surface area contributed by atoms with E-state index in [-0.39, 0.29) is 18.0 Å². The predicted molar refractivity (Wildman–Crippen MR) is 81.7 cm³/mol. The van der Waals surface area contributed by atoms with Crippen LogP contribution in [0.1, 0.15) is 19.3 Å². The van der Waals surface area contributed by atoms with Crippen LogP contribution in [-0.2, 0) is 4.79 Å². The summed E-state index contributed by atoms with van der Waals surface area (Å²) in [6, 6.07) is 7.17. The molecule has 6 nitrogen and oxygen atoms in total. The van der Waals surface area contributed by atoms with E-state index in [9.17, 15) is 9.59 Å². The summed E-state index contributed by atoms with van der Waals surface area (Å²) in [6.45, 7) is 0. The summed E-state index contributed by atoms with van der Waals surface area (Å²) < 4.78 is 0. The molecular formula is C15H21N3O3. The Bertz CT molecular complexity index is 531. The molecule has 1 aliphatic carbocycles. The number of nitrogens with zero attached hydrogens (tertiary/aromatic N) is 1. The lowest BCUT2D eigenvalue weighted by Crippen LogP contribution is -2.37. The Morgan fingerprint density at radius 2 is 1.95 bits per heavy atom. The Morgan fingerprint density at radius 1 is 1.24 bits per heavy atom. The number of carbonyl (C=O) groups excluding carboxylic acids is 1. The quantitative estimate of drug-likeness (QED) is 0.793. The van der Waals surface area contributed by atoms with Crippen molar-refractivity contribution in [1.29, 1.82) is 0 Å². The number of hydrogen-bond donors (Lipinski definition) is 3. The summed E-state index contributed by atoms with van der Waals surface area (Å²) in [7, 11) is 3.82. The smallest absolute Gasteiger partial charge is 0.319 e. The van der Waals surface area contributed by atoms with Gasteiger partial charge in [-0.25, -0.2) is 4.79 Å². The van der Waals surface area contributed by atoms with Crippen LogP contribution in [0.25, 0.3) is 0 Å². The number of anilines is 2. The topological polar surface area (TPSA) is 81.7 Å². The summed E-state index contributed by atoms with van der Waals surface area (Å²) in [5.41, 5.74) is 1.65. The number of aliphatic carboxylic acids is 1. The summed E-state index contributed by atoms with van der Waals surface area (Å²) >= 11 is 0. The highest BCUT2D eigenvalue weighted by molar-refractivity contribution is 5.93. The van der Waals surface area contributed by atoms with Crippen LogP contribution in [0.2, 0.25) is 0 Å². The zero-order valence-electron chi connectivity index (χ0n) is 12.3. The lowest BCUT2D eigenvalue weighted by Gasteiger charge is -2.19. The molecule has 2 amide bonds. The number of hydrogen-bond acceptors (Lipinski definition) is 3. The molecule has 0 saturated heterocycles. The Morgan fingerprint density at radius 3 is 2.57 bits per heavy atom. The number of nitrogens with one attached hydrogen (secondary N) is 2. The van der Waals surface area contributed by atoms with Gasteiger partial charge in [0.1, 0.15) is 0 Å². The SMILES string of the molecule is CN(C)c1ccccc1NC(=O)N[C@H]1CC[C@@H](C(=O)O)C1. The van der Waals surface area contributed by atoms with Crippen LogP contribution in [0.15, 0.2) is 24.3 Å². The number of para-hydroxylation sites is 2. The van der Waals surface area contributed by atoms with Crippen LogP contribution in [0.3, 0.4) is 0 Å². The number of benzene rings is 1. The Hall–Kier alpha value is -2.24. The molecule has 1 aromatic rings. The van der Waals surface area contributed by atoms with Gasteiger partial charge in [-0.3, -0.25) is 4.79 Å². The fourth-order valence-corrected chi connectivity index (χ4v) is 2.65. The number of carboxylic acids is 1. The first-order chi connectivity index (χ1) is 9.97. The Kier molecular flexibility index (Phi) is 4.67. The molecule has 0 bridgehead atoms. The third-order valence-corrected chi connectivity index (χ3v) is 3.75. The van der Waals surface area contributed by atoms with Gasteiger partial charge in [0.05, 0.1) is 17.3 Å². The highest BCUT2D eigenvalue weighted by atomic mass is 16.4. The van der Waals surface area contributed by atoms with Gasteiger partial charge in [0.25, 0.3) is 0 Å². The fourth-order valence-electron chi connectivity index (χ4n) is 2.65. The first kappa shape index (κ1) is 15.2. The molecule has 3 N–H and O–H groups in total. The molecule has 1 fully saturated rings. The van der Waals surface area contributed by atoms with Gasteiger partial charge in [-0.2, -0.15) is 0 Å². The molecule has 0 aliphatic heterocycles. The van der Waals surface area contributed by atoms with Gasteiger partial charge in [-0.05, 0) is 31.4 Å². The lowest BCUT2D eigenvalue weighted by atomic mass is 10.1. The van der Waals surface area contributed by atoms with Crippen molar-refractivity contribution in [2.24, 2.45) is 5.92 Å². The predicted octanol–water partition coefficient (Wildman–Crippen LogP) is 2.13. The number of urea groups is 1. The highest BCUT2D eigenvalue weighted by Gasteiger charge is 2.30. The maximum Gasteiger partial charge on any atom is 0.319 e. The third kappa shape index (κ3) is 3.87. The Labute approximate surface area is 124 Å². The van der Waals surface area contributed by atoms with Crippen molar-refractivity contribution in [3.05, 3.63) is 24.3 Å². The van der Waals surface area contributed by atoms with Crippen molar-refractivity contribution in [3.8, 4) is 0 Å². The summed E-state index contributed by atoms with van der Waals surface area (Å²) in [4.78, 5) is 24.9. The van der Waals surface area contributed by atoms with Gasteiger partial charge in [-0.1, -0.05) is 12.1 Å². The van der Waals surface area contributed by atoms with Gasteiger partial charge in [-0.15, -0.1) is 0 Å². The van der Waals surface area contributed by atoms with Crippen molar-refractivity contribution < 1.29 is 14.7 Å². The minimum atomic E-state index is -0.780. The second-order valence-electron chi connectivity index (χ2n) is 5.56. The molecule has 114 valence electrons. The average molecular weight is 291 g/mol. The van der Waals surface area contributed by atoms with E-state index < -0.39 is 5.97 Å². The van der Waals surface area contributed by atoms with E-state index in [0.717, 1.165) is 11.4 Å². The monoisotopic (exact) mass is 291 g/mol. The van der Waals surface area contributed by atoms with Crippen molar-refractivity contribution in [2.75, 3.05) is 24.3 Å². The van der Waals surface area contributed by atoms with Gasteiger partial charge in [0, 0.05) is 20.1 Å². The summed E-state index contributed by atoms with van der Waals surface area (Å²) in [5.74, 6) is -1.12. The van der Waals surface area contributed by atoms with E-state index in [1.807, 2.05) is 43.3 Å². The minimum Gasteiger partial charge on any atom is -0.481 e. The molecule has 1 aromatic carbocycles. The van der Waals surface area contributed by atoms with Gasteiger partial charge >= 0.3 is 12.0 Å². The molecule has 0 unspecified atom stereocenters. The summed E-state index contributed by atoms with van der Waals surface area (Å²) in [5, 5.41) is 14.6. The average Bonchev–Trinajstić information content (AvgIpc) is 2.87. The van der Waals surface area contributed by atoms with Crippen LogP contribution in [0, 0.1) is 5.92 Å². The number of amides is 2. The first-order valence-corrected chi connectivity index (χ1v) is 7.04. The molecule has 2 atom stereocenters. The Balaban J connectivity index is 1.93. The molecule has 1 aliphatic rings. The number of carboxylic acid groups (broad SMARTS) is 1. The van der Waals surface area contributed by atoms with Crippen LogP contribution < -0.4 is 15.5 Å². The van der Waals surface area contributed by atoms with Gasteiger partial charge in [0.15, 0.2) is 0 Å². The molecule has 6 heteroatoms. The first-order valence-electron chi connectivity index (χ1n) is 7.04. The van der Waals surface area contributed by atoms with Crippen LogP contribution in [-0.4, -0.2) is 37.2 Å². The van der Waals surface area contributed by atoms with Gasteiger partial charge < -0.3 is 20.6 Å². The second kappa shape index (κ2) is 6.47. The van der Waals surface area contributed by atoms with Crippen molar-refractivity contribution in [3.63, 3.8) is 0 Å². The van der Waals surface area contributed by atoms with E-state index in [2.05, 4.69) is 10.6 Å². The lowest BCUT2D eigenvalue weighted by molar-refractivity contribution is -0.141. The normalized spacial score (nSPS) is 20.9. The third-order valence-electron chi connectivity index (χ3n) is 3.75. The maximum atomic E-state index is 12.0. The van der Waals surface area contributed by atoms with Gasteiger partial charge in [0.2, 0.25) is 0 Å². The van der Waals surface area contributed by atoms with E-state index in [0.29, 0.717) is 19.3 Å². The van der Waals surface area contributed by atoms with Crippen molar-refractivity contribution in [2.45, 2.75) is 25.3 Å². The van der Waals surface area contributed by atoms with Crippen LogP contribution in [0.5, 0.6) is 0 Å². The zero-order chi connectivity index (χ0) is 15.4. The molecular weight excluding hydrogens is 270 g/mol. The number of carbonyl (C=O) groups is 2. The van der Waals surface area contributed by atoms with E-state index >= 15 is 0 Å². The molecule has 0 aromatic heterocycles. The van der Waals surface area contributed by atoms with Crippen LogP contribution >= 0.6 is 0 Å². The standard InChI is InChI=1S/C15H21N3O3/c1-18(2)13-6-4-3-5-12(13)17-15(21)16-11-8-7-10(9-11)14(19)20/h3-6,10-11H,7-9H2,1-2H3,(H,19,20)(H2,16,17,21)/t10-,11+/m1/s1. The zero-order valence-corrected chi connectivity index (χ0v) is 12.3. The fraction of sp³-hybridized carbons (Fsp3) is 0.467. The molecule has 0 radical (unpaired) electrons. The van der Waals surface area contributed by atoms with Crippen molar-refractivity contribution >= 4 is 23.4 Å². The van der Waals surface area contributed by atoms with E-state index in [1.165, 1.54) is 0 Å². The molecule has 0 spiro atoms. The minimum absolute atomic E-state index is 0.0716. The molecule has 1 saturated carbocycles. The number of rotatable bonds is 4. The van der Waals surface area contributed by atoms with Crippen molar-refractivity contribution in [1.82, 2.24) is 5.32 Å². The van der Waals surface area contributed by atoms with E-state index in [1.54, 1.807) is 0 Å². The summed E-state index contributed by atoms with van der Waals surface area (Å²) in [6.07, 6.45) is 1.83. The second-order valence-corrected chi connectivity index (χ2v) is 5.56. The molecule has 2 rings (SSSR count). The highest BCUT2D eigenvalue weighted by Crippen LogP contribution is 2.26.